The average molecular weight is 144 g/mol. The van der Waals surface area contributed by atoms with Crippen LogP contribution in [-0.4, -0.2) is 0 Å². The Hall–Kier alpha value is -1.32. The maximum Gasteiger partial charge on any atom is 0.521 e. The van der Waals surface area contributed by atoms with Crippen molar-refractivity contribution in [3.8, 4) is 0 Å². The predicted molar refractivity (Wildman–Crippen MR) is 31.1 cm³/mol. The first-order valence-electron chi connectivity index (χ1n) is 2.63. The summed E-state index contributed by atoms with van der Waals surface area (Å²) in [5.41, 5.74) is 0. The van der Waals surface area contributed by atoms with E-state index in [1.807, 2.05) is 0 Å². The van der Waals surface area contributed by atoms with Gasteiger partial charge in [-0.25, -0.2) is 4.79 Å². The lowest BCUT2D eigenvalue weighted by molar-refractivity contribution is 0.312. The number of hydrogen-bond acceptors (Lipinski definition) is 3. The Morgan fingerprint density at radius 1 is 1.60 bits per heavy atom. The van der Waals surface area contributed by atoms with E-state index in [0.29, 0.717) is 0 Å². The molecule has 0 aliphatic heterocycles. The average Bonchev–Trinajstić information content (AvgIpc) is 2.13. The van der Waals surface area contributed by atoms with E-state index in [9.17, 15) is 9.18 Å². The number of halogens is 1. The van der Waals surface area contributed by atoms with Gasteiger partial charge in [0.15, 0.2) is 5.76 Å². The van der Waals surface area contributed by atoms with E-state index in [2.05, 4.69) is 15.4 Å². The van der Waals surface area contributed by atoms with Gasteiger partial charge in [-0.2, -0.15) is 4.39 Å². The maximum atomic E-state index is 12.3. The second kappa shape index (κ2) is 2.51. The van der Waals surface area contributed by atoms with E-state index in [1.165, 1.54) is 6.08 Å². The normalized spacial score (nSPS) is 9.70. The molecular weight excluding hydrogens is 139 g/mol. The zero-order valence-corrected chi connectivity index (χ0v) is 5.09. The molecule has 3 nitrogen and oxygen atoms in total. The Balaban J connectivity index is 3.02. The first-order valence-corrected chi connectivity index (χ1v) is 2.63. The fourth-order valence-electron chi connectivity index (χ4n) is 0.545. The van der Waals surface area contributed by atoms with Crippen molar-refractivity contribution in [3.63, 3.8) is 0 Å². The minimum absolute atomic E-state index is 0.111. The van der Waals surface area contributed by atoms with Gasteiger partial charge in [0.05, 0.1) is 0 Å². The molecule has 0 unspecified atom stereocenters. The van der Waals surface area contributed by atoms with Crippen molar-refractivity contribution in [1.29, 1.82) is 0 Å². The summed E-state index contributed by atoms with van der Waals surface area (Å²) in [6, 6.07) is -0.968. The SMILES string of the molecule is C=CCc1oc(=O)oc1F. The van der Waals surface area contributed by atoms with Crippen LogP contribution in [0.4, 0.5) is 4.39 Å². The molecule has 0 bridgehead atoms. The van der Waals surface area contributed by atoms with Gasteiger partial charge in [0.1, 0.15) is 0 Å². The van der Waals surface area contributed by atoms with Crippen LogP contribution < -0.4 is 5.82 Å². The third-order valence-corrected chi connectivity index (χ3v) is 0.928. The van der Waals surface area contributed by atoms with E-state index < -0.39 is 11.8 Å². The van der Waals surface area contributed by atoms with Gasteiger partial charge < -0.3 is 8.83 Å². The summed E-state index contributed by atoms with van der Waals surface area (Å²) in [5, 5.41) is 0. The molecule has 4 heteroatoms. The Labute approximate surface area is 55.8 Å². The van der Waals surface area contributed by atoms with Crippen LogP contribution in [0.2, 0.25) is 0 Å². The standard InChI is InChI=1S/C6H5FO3/c1-2-3-4-5(7)10-6(8)9-4/h2H,1,3H2. The summed E-state index contributed by atoms with van der Waals surface area (Å²) >= 11 is 0. The lowest BCUT2D eigenvalue weighted by Gasteiger charge is -1.81. The van der Waals surface area contributed by atoms with E-state index >= 15 is 0 Å². The highest BCUT2D eigenvalue weighted by Crippen LogP contribution is 2.04. The predicted octanol–water partition coefficient (Wildman–Crippen LogP) is 1.10. The van der Waals surface area contributed by atoms with Gasteiger partial charge in [-0.05, 0) is 0 Å². The molecule has 0 aliphatic rings. The van der Waals surface area contributed by atoms with Crippen LogP contribution in [0.5, 0.6) is 0 Å². The molecule has 0 N–H and O–H groups in total. The second-order valence-electron chi connectivity index (χ2n) is 1.64. The highest BCUT2D eigenvalue weighted by molar-refractivity contribution is 4.94. The highest BCUT2D eigenvalue weighted by Gasteiger charge is 2.08. The summed E-state index contributed by atoms with van der Waals surface area (Å²) in [7, 11) is 0. The van der Waals surface area contributed by atoms with Crippen molar-refractivity contribution < 1.29 is 13.2 Å². The topological polar surface area (TPSA) is 43.4 Å². The van der Waals surface area contributed by atoms with E-state index in [0.717, 1.165) is 0 Å². The van der Waals surface area contributed by atoms with E-state index in [1.54, 1.807) is 0 Å². The molecule has 0 saturated heterocycles. The van der Waals surface area contributed by atoms with Crippen molar-refractivity contribution in [3.05, 3.63) is 35.0 Å². The largest absolute Gasteiger partial charge is 0.521 e. The summed E-state index contributed by atoms with van der Waals surface area (Å²) in [6.45, 7) is 3.34. The molecule has 0 fully saturated rings. The van der Waals surface area contributed by atoms with Gasteiger partial charge in [-0.15, -0.1) is 6.58 Å². The van der Waals surface area contributed by atoms with Crippen LogP contribution in [0, 0.1) is 6.01 Å². The van der Waals surface area contributed by atoms with Crippen molar-refractivity contribution in [2.24, 2.45) is 0 Å². The zero-order valence-electron chi connectivity index (χ0n) is 5.09. The minimum Gasteiger partial charge on any atom is -0.392 e. The molecule has 1 aromatic heterocycles. The fraction of sp³-hybridized carbons (Fsp3) is 0.167. The maximum absolute atomic E-state index is 12.3. The Bertz CT molecular complexity index is 283. The third-order valence-electron chi connectivity index (χ3n) is 0.928. The monoisotopic (exact) mass is 144 g/mol. The van der Waals surface area contributed by atoms with Crippen molar-refractivity contribution in [2.45, 2.75) is 6.42 Å². The number of allylic oxidation sites excluding steroid dienone is 1. The van der Waals surface area contributed by atoms with Crippen LogP contribution in [0.1, 0.15) is 5.76 Å². The minimum atomic E-state index is -1.02. The molecule has 0 radical (unpaired) electrons. The molecule has 10 heavy (non-hydrogen) atoms. The molecule has 0 amide bonds. The lowest BCUT2D eigenvalue weighted by Crippen LogP contribution is -1.86. The van der Waals surface area contributed by atoms with Gasteiger partial charge in [0, 0.05) is 6.42 Å². The molecule has 0 aromatic carbocycles. The molecule has 0 aliphatic carbocycles. The van der Waals surface area contributed by atoms with Crippen LogP contribution in [-0.2, 0) is 6.42 Å². The van der Waals surface area contributed by atoms with Gasteiger partial charge >= 0.3 is 11.8 Å². The van der Waals surface area contributed by atoms with Gasteiger partial charge in [-0.3, -0.25) is 0 Å². The van der Waals surface area contributed by atoms with Crippen LogP contribution in [0.3, 0.4) is 0 Å². The van der Waals surface area contributed by atoms with Crippen LogP contribution >= 0.6 is 0 Å². The van der Waals surface area contributed by atoms with Crippen molar-refractivity contribution in [1.82, 2.24) is 0 Å². The molecule has 0 spiro atoms. The summed E-state index contributed by atoms with van der Waals surface area (Å²) in [4.78, 5) is 10.2. The van der Waals surface area contributed by atoms with Crippen LogP contribution in [0.25, 0.3) is 0 Å². The molecule has 0 saturated carbocycles. The summed E-state index contributed by atoms with van der Waals surface area (Å²) < 4.78 is 20.5. The fourth-order valence-corrected chi connectivity index (χ4v) is 0.545. The second-order valence-corrected chi connectivity index (χ2v) is 1.64. The quantitative estimate of drug-likeness (QED) is 0.583. The lowest BCUT2D eigenvalue weighted by atomic mass is 10.3. The molecule has 0 atom stereocenters. The van der Waals surface area contributed by atoms with Gasteiger partial charge in [0.2, 0.25) is 0 Å². The summed E-state index contributed by atoms with van der Waals surface area (Å²) in [6.07, 6.45) is 1.58. The first-order chi connectivity index (χ1) is 4.74. The Morgan fingerprint density at radius 3 is 2.70 bits per heavy atom. The third kappa shape index (κ3) is 1.15. The molecule has 54 valence electrons. The molecular formula is C6H5FO3. The van der Waals surface area contributed by atoms with Crippen molar-refractivity contribution in [2.75, 3.05) is 0 Å². The first kappa shape index (κ1) is 6.80. The van der Waals surface area contributed by atoms with Crippen molar-refractivity contribution >= 4 is 0 Å². The Kier molecular flexibility index (Phi) is 1.71. The Morgan fingerprint density at radius 2 is 2.30 bits per heavy atom. The van der Waals surface area contributed by atoms with E-state index in [4.69, 9.17) is 0 Å². The summed E-state index contributed by atoms with van der Waals surface area (Å²) in [5.74, 6) is -1.13. The number of rotatable bonds is 2. The number of hydrogen-bond donors (Lipinski definition) is 0. The van der Waals surface area contributed by atoms with Crippen LogP contribution in [0.15, 0.2) is 26.3 Å². The smallest absolute Gasteiger partial charge is 0.392 e. The molecule has 1 rings (SSSR count). The van der Waals surface area contributed by atoms with Gasteiger partial charge in [0.25, 0.3) is 0 Å². The molecule has 1 aromatic rings. The zero-order chi connectivity index (χ0) is 7.56. The van der Waals surface area contributed by atoms with Gasteiger partial charge in [-0.1, -0.05) is 6.08 Å². The van der Waals surface area contributed by atoms with E-state index in [-0.39, 0.29) is 12.2 Å². The highest BCUT2D eigenvalue weighted by atomic mass is 19.1. The molecule has 1 heterocycles.